The van der Waals surface area contributed by atoms with Crippen molar-refractivity contribution < 1.29 is 4.42 Å². The summed E-state index contributed by atoms with van der Waals surface area (Å²) in [6.07, 6.45) is 0. The number of nitrogens with zero attached hydrogens (tertiary/aromatic N) is 8. The number of hydrogen-bond donors (Lipinski definition) is 0. The lowest BCUT2D eigenvalue weighted by atomic mass is 10.0. The zero-order valence-corrected chi connectivity index (χ0v) is 66.2. The van der Waals surface area contributed by atoms with Gasteiger partial charge in [-0.3, -0.25) is 0 Å². The second-order valence-electron chi connectivity index (χ2n) is 32.2. The molecule has 0 saturated heterocycles. The Labute approximate surface area is 699 Å². The van der Waals surface area contributed by atoms with Crippen LogP contribution >= 0.6 is 11.3 Å². The highest BCUT2D eigenvalue weighted by Gasteiger charge is 2.29. The van der Waals surface area contributed by atoms with Crippen LogP contribution in [0.1, 0.15) is 0 Å². The van der Waals surface area contributed by atoms with Gasteiger partial charge in [-0.1, -0.05) is 273 Å². The van der Waals surface area contributed by atoms with Crippen molar-refractivity contribution in [3.63, 3.8) is 0 Å². The first-order valence-corrected chi connectivity index (χ1v) is 42.3. The standard InChI is InChI=1S/C56H32N4O.C56H32N4S/c2*1-2-12-33(13-3-1)34-22-24-36(25-23-34)51-55-52(42-18-8-11-21-48(42)61-55)58-56(57-51)37-26-29-38(30-27-37)59-47-31-28-35-14-4-5-15-39(35)49(47)44-32-43-40-16-6-9-19-45(40)60-46-20-10-7-17-41(46)50(53(43)60)54(44)59/h2*1-32H. The van der Waals surface area contributed by atoms with E-state index in [1.54, 1.807) is 11.3 Å². The van der Waals surface area contributed by atoms with Crippen molar-refractivity contribution in [2.75, 3.05) is 0 Å². The van der Waals surface area contributed by atoms with E-state index in [2.05, 4.69) is 382 Å². The van der Waals surface area contributed by atoms with E-state index in [0.29, 0.717) is 11.4 Å². The maximum absolute atomic E-state index is 6.49. The largest absolute Gasteiger partial charge is 0.452 e. The molecule has 9 nitrogen and oxygen atoms in total. The van der Waals surface area contributed by atoms with E-state index in [0.717, 1.165) is 88.5 Å². The van der Waals surface area contributed by atoms with Crippen LogP contribution in [-0.2, 0) is 0 Å². The lowest BCUT2D eigenvalue weighted by Crippen LogP contribution is -1.97. The molecule has 0 bridgehead atoms. The van der Waals surface area contributed by atoms with Crippen molar-refractivity contribution in [3.05, 3.63) is 388 Å². The van der Waals surface area contributed by atoms with Crippen molar-refractivity contribution in [3.8, 4) is 78.9 Å². The Balaban J connectivity index is 0.000000128. The highest BCUT2D eigenvalue weighted by atomic mass is 32.1. The van der Waals surface area contributed by atoms with Crippen LogP contribution in [0, 0.1) is 0 Å². The van der Waals surface area contributed by atoms with Crippen LogP contribution in [0.15, 0.2) is 393 Å². The minimum atomic E-state index is 0.653. The normalized spacial score (nSPS) is 12.3. The van der Waals surface area contributed by atoms with Gasteiger partial charge in [-0.15, -0.1) is 11.3 Å². The fourth-order valence-electron chi connectivity index (χ4n) is 20.3. The third-order valence-electron chi connectivity index (χ3n) is 25.7. The summed E-state index contributed by atoms with van der Waals surface area (Å²) in [5.41, 5.74) is 28.1. The summed E-state index contributed by atoms with van der Waals surface area (Å²) in [5.74, 6) is 1.37. The predicted octanol–water partition coefficient (Wildman–Crippen LogP) is 30.0. The first kappa shape index (κ1) is 66.9. The van der Waals surface area contributed by atoms with Gasteiger partial charge in [0.25, 0.3) is 0 Å². The van der Waals surface area contributed by atoms with Gasteiger partial charge in [-0.05, 0) is 159 Å². The van der Waals surface area contributed by atoms with Crippen molar-refractivity contribution in [1.82, 2.24) is 37.9 Å². The van der Waals surface area contributed by atoms with E-state index in [-0.39, 0.29) is 0 Å². The topological polar surface area (TPSA) is 83.4 Å². The summed E-state index contributed by atoms with van der Waals surface area (Å²) in [7, 11) is 0. The molecular weight excluding hydrogens is 1510 g/mol. The minimum Gasteiger partial charge on any atom is -0.452 e. The molecule has 10 heteroatoms. The molecule has 0 aliphatic heterocycles. The first-order chi connectivity index (χ1) is 60.5. The van der Waals surface area contributed by atoms with Crippen LogP contribution in [0.2, 0.25) is 0 Å². The van der Waals surface area contributed by atoms with Crippen LogP contribution in [0.25, 0.3) is 263 Å². The van der Waals surface area contributed by atoms with Gasteiger partial charge in [0, 0.05) is 114 Å². The highest BCUT2D eigenvalue weighted by Crippen LogP contribution is 2.52. The Bertz CT molecular complexity index is 8700. The first-order valence-electron chi connectivity index (χ1n) is 41.5. The molecule has 10 aromatic heterocycles. The summed E-state index contributed by atoms with van der Waals surface area (Å²) >= 11 is 1.77. The molecule has 18 aromatic carbocycles. The van der Waals surface area contributed by atoms with Crippen LogP contribution in [-0.4, -0.2) is 37.9 Å². The van der Waals surface area contributed by atoms with Gasteiger partial charge in [0.2, 0.25) is 0 Å². The zero-order valence-electron chi connectivity index (χ0n) is 65.3. The van der Waals surface area contributed by atoms with E-state index in [1.807, 2.05) is 24.3 Å². The molecule has 0 spiro atoms. The van der Waals surface area contributed by atoms with Crippen molar-refractivity contribution >= 4 is 195 Å². The van der Waals surface area contributed by atoms with E-state index in [1.165, 1.54) is 163 Å². The molecule has 0 saturated carbocycles. The van der Waals surface area contributed by atoms with Crippen molar-refractivity contribution in [1.29, 1.82) is 0 Å². The van der Waals surface area contributed by atoms with Crippen LogP contribution in [0.5, 0.6) is 0 Å². The molecule has 0 fully saturated rings. The summed E-state index contributed by atoms with van der Waals surface area (Å²) < 4.78 is 18.7. The molecule has 0 amide bonds. The van der Waals surface area contributed by atoms with Gasteiger partial charge in [0.1, 0.15) is 16.8 Å². The molecule has 0 aliphatic carbocycles. The number of aromatic nitrogens is 8. The fraction of sp³-hybridized carbons (Fsp3) is 0. The Morgan fingerprint density at radius 2 is 0.607 bits per heavy atom. The molecule has 0 N–H and O–H groups in total. The number of thiophene rings is 1. The predicted molar refractivity (Wildman–Crippen MR) is 510 cm³/mol. The molecule has 122 heavy (non-hydrogen) atoms. The number of fused-ring (bicyclic) bond motifs is 30. The molecule has 0 radical (unpaired) electrons. The van der Waals surface area contributed by atoms with Crippen LogP contribution in [0.4, 0.5) is 0 Å². The lowest BCUT2D eigenvalue weighted by molar-refractivity contribution is 0.667. The number of benzene rings is 18. The second kappa shape index (κ2) is 25.7. The monoisotopic (exact) mass is 1570 g/mol. The summed E-state index contributed by atoms with van der Waals surface area (Å²) in [6.45, 7) is 0. The molecule has 0 aliphatic rings. The SMILES string of the molecule is c1ccc(-c2ccc(-c3nc(-c4ccc(-n5c6ccc7ccccc7c6c6cc7c8ccccc8n8c9ccccc9c(c65)c78)cc4)nc4c3oc3ccccc34)cc2)cc1.c1ccc(-c2ccc(-c3nc(-c4ccc(-n5c6ccc7ccccc7c6c6cc7c8ccccc8n8c9ccccc9c(c65)c78)cc4)nc4c3sc3ccccc34)cc2)cc1. The quantitative estimate of drug-likeness (QED) is 0.151. The molecule has 0 unspecified atom stereocenters. The highest BCUT2D eigenvalue weighted by molar-refractivity contribution is 7.26. The number of para-hydroxylation sites is 5. The third-order valence-corrected chi connectivity index (χ3v) is 26.9. The average molecular weight is 1570 g/mol. The summed E-state index contributed by atoms with van der Waals surface area (Å²) in [5, 5.41) is 22.3. The third kappa shape index (κ3) is 9.63. The summed E-state index contributed by atoms with van der Waals surface area (Å²) in [6, 6.07) is 140. The van der Waals surface area contributed by atoms with Gasteiger partial charge in [0.15, 0.2) is 17.2 Å². The van der Waals surface area contributed by atoms with Crippen LogP contribution < -0.4 is 0 Å². The molecule has 564 valence electrons. The molecule has 28 aromatic rings. The average Bonchev–Trinajstić information content (AvgIpc) is 1.52. The lowest BCUT2D eigenvalue weighted by Gasteiger charge is -2.11. The summed E-state index contributed by atoms with van der Waals surface area (Å²) in [4.78, 5) is 21.2. The van der Waals surface area contributed by atoms with E-state index in [4.69, 9.17) is 24.4 Å². The maximum Gasteiger partial charge on any atom is 0.180 e. The van der Waals surface area contributed by atoms with Gasteiger partial charge < -0.3 is 22.4 Å². The molecule has 28 rings (SSSR count). The smallest absolute Gasteiger partial charge is 0.180 e. The maximum atomic E-state index is 6.49. The van der Waals surface area contributed by atoms with Gasteiger partial charge >= 0.3 is 0 Å². The zero-order chi connectivity index (χ0) is 79.5. The molecule has 0 atom stereocenters. The Morgan fingerprint density at radius 1 is 0.230 bits per heavy atom. The molecule has 10 heterocycles. The number of hydrogen-bond acceptors (Lipinski definition) is 6. The van der Waals surface area contributed by atoms with E-state index >= 15 is 0 Å². The fourth-order valence-corrected chi connectivity index (χ4v) is 21.5. The van der Waals surface area contributed by atoms with Crippen molar-refractivity contribution in [2.45, 2.75) is 0 Å². The second-order valence-corrected chi connectivity index (χ2v) is 33.2. The minimum absolute atomic E-state index is 0.653. The number of furan rings is 1. The number of rotatable bonds is 8. The molecular formula is C112H64N8OS. The van der Waals surface area contributed by atoms with Gasteiger partial charge in [-0.25, -0.2) is 19.9 Å². The van der Waals surface area contributed by atoms with Gasteiger partial charge in [-0.2, -0.15) is 0 Å². The Morgan fingerprint density at radius 3 is 1.11 bits per heavy atom. The van der Waals surface area contributed by atoms with E-state index in [9.17, 15) is 0 Å². The van der Waals surface area contributed by atoms with E-state index < -0.39 is 0 Å². The van der Waals surface area contributed by atoms with Gasteiger partial charge in [0.05, 0.1) is 71.1 Å². The van der Waals surface area contributed by atoms with Crippen molar-refractivity contribution in [2.24, 2.45) is 0 Å². The Hall–Kier alpha value is -16.1. The van der Waals surface area contributed by atoms with Crippen LogP contribution in [0.3, 0.4) is 0 Å². The Kier molecular flexibility index (Phi) is 14.1.